The van der Waals surface area contributed by atoms with Crippen molar-refractivity contribution in [1.29, 1.82) is 0 Å². The van der Waals surface area contributed by atoms with Crippen molar-refractivity contribution in [2.24, 2.45) is 5.41 Å². The molecule has 1 heterocycles. The molecule has 0 spiro atoms. The van der Waals surface area contributed by atoms with Crippen molar-refractivity contribution < 1.29 is 4.79 Å². The van der Waals surface area contributed by atoms with E-state index in [9.17, 15) is 4.79 Å². The second-order valence-electron chi connectivity index (χ2n) is 5.52. The molecule has 0 bridgehead atoms. The molecular weight excluding hydrogens is 312 g/mol. The molecule has 1 aromatic rings. The van der Waals surface area contributed by atoms with Crippen LogP contribution in [0.15, 0.2) is 0 Å². The topological polar surface area (TPSA) is 42.0 Å². The van der Waals surface area contributed by atoms with Crippen LogP contribution in [0.3, 0.4) is 0 Å². The van der Waals surface area contributed by atoms with Gasteiger partial charge in [0.15, 0.2) is 0 Å². The number of hydrogen-bond acceptors (Lipinski definition) is 3. The molecule has 0 aliphatic heterocycles. The number of aromatic nitrogens is 1. The van der Waals surface area contributed by atoms with Crippen LogP contribution in [0, 0.1) is 19.3 Å². The summed E-state index contributed by atoms with van der Waals surface area (Å²) in [6.07, 6.45) is 0.923. The lowest BCUT2D eigenvalue weighted by atomic mass is 9.85. The van der Waals surface area contributed by atoms with E-state index in [1.165, 1.54) is 11.3 Å². The normalized spacial score (nSPS) is 13.4. The highest BCUT2D eigenvalue weighted by Crippen LogP contribution is 2.24. The summed E-state index contributed by atoms with van der Waals surface area (Å²) in [7, 11) is 0. The van der Waals surface area contributed by atoms with Gasteiger partial charge in [0.2, 0.25) is 0 Å². The molecule has 3 nitrogen and oxygen atoms in total. The molecule has 0 aromatic carbocycles. The van der Waals surface area contributed by atoms with Gasteiger partial charge < -0.3 is 5.32 Å². The van der Waals surface area contributed by atoms with Gasteiger partial charge >= 0.3 is 0 Å². The SMILES string of the molecule is Cc1nc(C)c(C(=O)NC(CCBr)C(C)(C)C)s1. The van der Waals surface area contributed by atoms with Crippen molar-refractivity contribution in [3.63, 3.8) is 0 Å². The minimum Gasteiger partial charge on any atom is -0.348 e. The summed E-state index contributed by atoms with van der Waals surface area (Å²) in [6.45, 7) is 10.2. The van der Waals surface area contributed by atoms with Crippen LogP contribution in [-0.2, 0) is 0 Å². The summed E-state index contributed by atoms with van der Waals surface area (Å²) in [5.74, 6) is -0.000949. The smallest absolute Gasteiger partial charge is 0.263 e. The molecule has 1 atom stereocenters. The molecule has 0 saturated carbocycles. The van der Waals surface area contributed by atoms with Crippen LogP contribution < -0.4 is 5.32 Å². The van der Waals surface area contributed by atoms with Crippen molar-refractivity contribution in [2.45, 2.75) is 47.1 Å². The highest BCUT2D eigenvalue weighted by atomic mass is 79.9. The van der Waals surface area contributed by atoms with Crippen LogP contribution >= 0.6 is 27.3 Å². The third-order valence-corrected chi connectivity index (χ3v) is 4.39. The van der Waals surface area contributed by atoms with Crippen molar-refractivity contribution in [3.8, 4) is 0 Å². The predicted octanol–water partition coefficient (Wildman–Crippen LogP) is 3.69. The fourth-order valence-corrected chi connectivity index (χ4v) is 3.08. The Morgan fingerprint density at radius 3 is 2.44 bits per heavy atom. The standard InChI is InChI=1S/C13H21BrN2OS/c1-8-11(18-9(2)15-8)12(17)16-10(6-7-14)13(3,4)5/h10H,6-7H2,1-5H3,(H,16,17). The number of carbonyl (C=O) groups is 1. The lowest BCUT2D eigenvalue weighted by Gasteiger charge is -2.31. The summed E-state index contributed by atoms with van der Waals surface area (Å²) in [4.78, 5) is 17.3. The zero-order valence-corrected chi connectivity index (χ0v) is 14.0. The first-order valence-corrected chi connectivity index (χ1v) is 8.00. The molecule has 102 valence electrons. The summed E-state index contributed by atoms with van der Waals surface area (Å²) < 4.78 is 0. The number of carbonyl (C=O) groups excluding carboxylic acids is 1. The number of rotatable bonds is 4. The minimum absolute atomic E-state index is 0.000949. The van der Waals surface area contributed by atoms with Gasteiger partial charge in [-0.25, -0.2) is 4.98 Å². The molecule has 1 N–H and O–H groups in total. The maximum Gasteiger partial charge on any atom is 0.263 e. The van der Waals surface area contributed by atoms with Crippen LogP contribution in [0.2, 0.25) is 0 Å². The van der Waals surface area contributed by atoms with E-state index in [0.29, 0.717) is 0 Å². The van der Waals surface area contributed by atoms with E-state index >= 15 is 0 Å². The maximum atomic E-state index is 12.3. The van der Waals surface area contributed by atoms with Crippen LogP contribution in [0.25, 0.3) is 0 Å². The van der Waals surface area contributed by atoms with Crippen molar-refractivity contribution in [3.05, 3.63) is 15.6 Å². The third-order valence-electron chi connectivity index (χ3n) is 2.86. The lowest BCUT2D eigenvalue weighted by Crippen LogP contribution is -2.43. The Balaban J connectivity index is 2.82. The van der Waals surface area contributed by atoms with E-state index in [-0.39, 0.29) is 17.4 Å². The molecule has 5 heteroatoms. The second kappa shape index (κ2) is 6.15. The highest BCUT2D eigenvalue weighted by molar-refractivity contribution is 9.09. The quantitative estimate of drug-likeness (QED) is 0.854. The summed E-state index contributed by atoms with van der Waals surface area (Å²) in [5, 5.41) is 4.95. The van der Waals surface area contributed by atoms with E-state index in [1.807, 2.05) is 13.8 Å². The van der Waals surface area contributed by atoms with E-state index in [2.05, 4.69) is 47.0 Å². The van der Waals surface area contributed by atoms with Gasteiger partial charge in [0.05, 0.1) is 10.7 Å². The zero-order valence-electron chi connectivity index (χ0n) is 11.6. The Morgan fingerprint density at radius 2 is 2.06 bits per heavy atom. The van der Waals surface area contributed by atoms with Gasteiger partial charge in [-0.1, -0.05) is 36.7 Å². The van der Waals surface area contributed by atoms with Gasteiger partial charge in [-0.15, -0.1) is 11.3 Å². The molecule has 1 amide bonds. The Bertz CT molecular complexity index is 423. The fourth-order valence-electron chi connectivity index (χ4n) is 1.80. The second-order valence-corrected chi connectivity index (χ2v) is 7.51. The first-order chi connectivity index (χ1) is 8.25. The van der Waals surface area contributed by atoms with Gasteiger partial charge in [-0.05, 0) is 25.7 Å². The number of amides is 1. The van der Waals surface area contributed by atoms with E-state index in [0.717, 1.165) is 27.3 Å². The summed E-state index contributed by atoms with van der Waals surface area (Å²) in [6, 6.07) is 0.159. The Morgan fingerprint density at radius 1 is 1.44 bits per heavy atom. The number of alkyl halides is 1. The molecule has 1 aromatic heterocycles. The van der Waals surface area contributed by atoms with Crippen molar-refractivity contribution in [2.75, 3.05) is 5.33 Å². The number of nitrogens with one attached hydrogen (secondary N) is 1. The van der Waals surface area contributed by atoms with Crippen LogP contribution in [-0.4, -0.2) is 22.3 Å². The number of thiazole rings is 1. The Kier molecular flexibility index (Phi) is 5.34. The first kappa shape index (κ1) is 15.6. The average molecular weight is 333 g/mol. The average Bonchev–Trinajstić information content (AvgIpc) is 2.55. The zero-order chi connectivity index (χ0) is 13.9. The molecule has 0 radical (unpaired) electrons. The largest absolute Gasteiger partial charge is 0.348 e. The molecule has 1 unspecified atom stereocenters. The van der Waals surface area contributed by atoms with Crippen LogP contribution in [0.1, 0.15) is 47.6 Å². The maximum absolute atomic E-state index is 12.3. The molecule has 0 aliphatic rings. The molecule has 1 rings (SSSR count). The molecule has 18 heavy (non-hydrogen) atoms. The molecule has 0 saturated heterocycles. The fraction of sp³-hybridized carbons (Fsp3) is 0.692. The van der Waals surface area contributed by atoms with Gasteiger partial charge in [-0.3, -0.25) is 4.79 Å². The van der Waals surface area contributed by atoms with Gasteiger partial charge in [-0.2, -0.15) is 0 Å². The Labute approximate surface area is 122 Å². The predicted molar refractivity (Wildman–Crippen MR) is 80.7 cm³/mol. The van der Waals surface area contributed by atoms with Crippen LogP contribution in [0.5, 0.6) is 0 Å². The third kappa shape index (κ3) is 4.05. The van der Waals surface area contributed by atoms with Gasteiger partial charge in [0.25, 0.3) is 5.91 Å². The number of hydrogen-bond donors (Lipinski definition) is 1. The Hall–Kier alpha value is -0.420. The first-order valence-electron chi connectivity index (χ1n) is 6.06. The minimum atomic E-state index is -0.000949. The van der Waals surface area contributed by atoms with Crippen molar-refractivity contribution in [1.82, 2.24) is 10.3 Å². The van der Waals surface area contributed by atoms with Crippen LogP contribution in [0.4, 0.5) is 0 Å². The molecule has 0 fully saturated rings. The molecule has 0 aliphatic carbocycles. The van der Waals surface area contributed by atoms with E-state index in [4.69, 9.17) is 0 Å². The highest BCUT2D eigenvalue weighted by Gasteiger charge is 2.27. The van der Waals surface area contributed by atoms with Crippen molar-refractivity contribution >= 4 is 33.2 Å². The van der Waals surface area contributed by atoms with E-state index in [1.54, 1.807) is 0 Å². The summed E-state index contributed by atoms with van der Waals surface area (Å²) >= 11 is 4.90. The van der Waals surface area contributed by atoms with E-state index < -0.39 is 0 Å². The number of halogens is 1. The molecular formula is C13H21BrN2OS. The lowest BCUT2D eigenvalue weighted by molar-refractivity contribution is 0.0904. The van der Waals surface area contributed by atoms with Gasteiger partial charge in [0, 0.05) is 11.4 Å². The monoisotopic (exact) mass is 332 g/mol. The van der Waals surface area contributed by atoms with Gasteiger partial charge in [0.1, 0.15) is 4.88 Å². The number of aryl methyl sites for hydroxylation is 2. The number of nitrogens with zero attached hydrogens (tertiary/aromatic N) is 1. The summed E-state index contributed by atoms with van der Waals surface area (Å²) in [5.41, 5.74) is 0.873.